The molecular weight excluding hydrogens is 243 g/mol. The summed E-state index contributed by atoms with van der Waals surface area (Å²) in [6.45, 7) is 1.87. The Morgan fingerprint density at radius 2 is 2.18 bits per heavy atom. The maximum absolute atomic E-state index is 13.1. The average Bonchev–Trinajstić information content (AvgIpc) is 2.31. The van der Waals surface area contributed by atoms with Crippen molar-refractivity contribution in [2.75, 3.05) is 0 Å². The van der Waals surface area contributed by atoms with Gasteiger partial charge >= 0.3 is 0 Å². The van der Waals surface area contributed by atoms with Gasteiger partial charge in [-0.1, -0.05) is 18.5 Å². The molecule has 0 aliphatic carbocycles. The van der Waals surface area contributed by atoms with E-state index in [0.29, 0.717) is 28.5 Å². The van der Waals surface area contributed by atoms with Gasteiger partial charge in [0.05, 0.1) is 10.7 Å². The maximum atomic E-state index is 13.1. The first-order valence-electron chi connectivity index (χ1n) is 5.16. The molecule has 1 aromatic heterocycles. The zero-order chi connectivity index (χ0) is 12.4. The molecule has 1 aromatic carbocycles. The summed E-state index contributed by atoms with van der Waals surface area (Å²) in [5.41, 5.74) is 0.537. The number of hydrogen-bond donors (Lipinski definition) is 1. The van der Waals surface area contributed by atoms with Gasteiger partial charge in [-0.15, -0.1) is 0 Å². The van der Waals surface area contributed by atoms with Gasteiger partial charge in [0.15, 0.2) is 0 Å². The summed E-state index contributed by atoms with van der Waals surface area (Å²) < 4.78 is 13.1. The summed E-state index contributed by atoms with van der Waals surface area (Å²) in [5, 5.41) is 0.367. The Hall–Kier alpha value is -1.68. The molecule has 5 heteroatoms. The van der Waals surface area contributed by atoms with E-state index in [9.17, 15) is 9.18 Å². The van der Waals surface area contributed by atoms with Crippen LogP contribution in [0.5, 0.6) is 0 Å². The molecule has 2 aromatic rings. The van der Waals surface area contributed by atoms with Crippen LogP contribution < -0.4 is 5.56 Å². The summed E-state index contributed by atoms with van der Waals surface area (Å²) in [5.74, 6) is 0.136. The molecule has 0 spiro atoms. The van der Waals surface area contributed by atoms with E-state index in [1.165, 1.54) is 24.3 Å². The quantitative estimate of drug-likeness (QED) is 0.893. The number of benzene rings is 1. The molecule has 3 nitrogen and oxygen atoms in total. The highest BCUT2D eigenvalue weighted by Gasteiger charge is 2.08. The summed E-state index contributed by atoms with van der Waals surface area (Å²) in [6, 6.07) is 5.28. The van der Waals surface area contributed by atoms with Crippen molar-refractivity contribution in [3.63, 3.8) is 0 Å². The molecule has 88 valence electrons. The van der Waals surface area contributed by atoms with E-state index in [4.69, 9.17) is 11.6 Å². The molecule has 0 amide bonds. The minimum absolute atomic E-state index is 0.271. The second-order valence-corrected chi connectivity index (χ2v) is 3.96. The standard InChI is InChI=1S/C12H10ClFN2O/c1-2-11-15-10(6-12(17)16-11)8-5-7(14)3-4-9(8)13/h3-6H,2H2,1H3,(H,15,16,17). The van der Waals surface area contributed by atoms with Gasteiger partial charge in [0.25, 0.3) is 5.56 Å². The Morgan fingerprint density at radius 1 is 1.41 bits per heavy atom. The fourth-order valence-corrected chi connectivity index (χ4v) is 1.72. The lowest BCUT2D eigenvalue weighted by Crippen LogP contribution is -2.10. The van der Waals surface area contributed by atoms with Gasteiger partial charge in [-0.2, -0.15) is 0 Å². The third-order valence-electron chi connectivity index (χ3n) is 2.33. The van der Waals surface area contributed by atoms with Crippen LogP contribution in [0.25, 0.3) is 11.3 Å². The molecule has 0 aliphatic rings. The van der Waals surface area contributed by atoms with Crippen molar-refractivity contribution in [3.05, 3.63) is 51.3 Å². The molecular formula is C12H10ClFN2O. The van der Waals surface area contributed by atoms with Gasteiger partial charge in [0.2, 0.25) is 0 Å². The number of hydrogen-bond acceptors (Lipinski definition) is 2. The molecule has 0 bridgehead atoms. The summed E-state index contributed by atoms with van der Waals surface area (Å²) >= 11 is 5.96. The van der Waals surface area contributed by atoms with E-state index in [2.05, 4.69) is 9.97 Å². The average molecular weight is 253 g/mol. The molecule has 0 saturated carbocycles. The number of rotatable bonds is 2. The van der Waals surface area contributed by atoms with Crippen molar-refractivity contribution in [1.82, 2.24) is 9.97 Å². The number of aromatic nitrogens is 2. The molecule has 0 fully saturated rings. The first-order chi connectivity index (χ1) is 8.10. The van der Waals surface area contributed by atoms with E-state index in [-0.39, 0.29) is 5.56 Å². The van der Waals surface area contributed by atoms with Gasteiger partial charge in [-0.05, 0) is 18.2 Å². The van der Waals surface area contributed by atoms with Crippen LogP contribution >= 0.6 is 11.6 Å². The topological polar surface area (TPSA) is 45.8 Å². The van der Waals surface area contributed by atoms with E-state index in [1.54, 1.807) is 0 Å². The first-order valence-corrected chi connectivity index (χ1v) is 5.53. The van der Waals surface area contributed by atoms with E-state index in [1.807, 2.05) is 6.92 Å². The van der Waals surface area contributed by atoms with Gasteiger partial charge in [0.1, 0.15) is 11.6 Å². The van der Waals surface area contributed by atoms with Crippen molar-refractivity contribution in [3.8, 4) is 11.3 Å². The van der Waals surface area contributed by atoms with Gasteiger partial charge in [0, 0.05) is 18.1 Å². The Balaban J connectivity index is 2.63. The van der Waals surface area contributed by atoms with Crippen molar-refractivity contribution in [2.45, 2.75) is 13.3 Å². The molecule has 0 atom stereocenters. The Bertz CT molecular complexity index is 610. The highest BCUT2D eigenvalue weighted by atomic mass is 35.5. The number of nitrogens with zero attached hydrogens (tertiary/aromatic N) is 1. The molecule has 1 N–H and O–H groups in total. The number of H-pyrrole nitrogens is 1. The summed E-state index contributed by atoms with van der Waals surface area (Å²) in [7, 11) is 0. The lowest BCUT2D eigenvalue weighted by atomic mass is 10.1. The van der Waals surface area contributed by atoms with Crippen LogP contribution in [0, 0.1) is 5.82 Å². The Morgan fingerprint density at radius 3 is 2.88 bits per heavy atom. The Kier molecular flexibility index (Phi) is 3.24. The van der Waals surface area contributed by atoms with Crippen LogP contribution in [0.1, 0.15) is 12.7 Å². The number of aryl methyl sites for hydroxylation is 1. The smallest absolute Gasteiger partial charge is 0.251 e. The monoisotopic (exact) mass is 252 g/mol. The number of nitrogens with one attached hydrogen (secondary N) is 1. The van der Waals surface area contributed by atoms with Crippen LogP contribution in [-0.2, 0) is 6.42 Å². The number of halogens is 2. The molecule has 2 rings (SSSR count). The van der Waals surface area contributed by atoms with Gasteiger partial charge < -0.3 is 4.98 Å². The zero-order valence-corrected chi connectivity index (χ0v) is 9.88. The lowest BCUT2D eigenvalue weighted by molar-refractivity contribution is 0.628. The number of aromatic amines is 1. The van der Waals surface area contributed by atoms with E-state index >= 15 is 0 Å². The summed E-state index contributed by atoms with van der Waals surface area (Å²) in [4.78, 5) is 18.2. The molecule has 0 aliphatic heterocycles. The van der Waals surface area contributed by atoms with Crippen LogP contribution in [0.2, 0.25) is 5.02 Å². The van der Waals surface area contributed by atoms with Crippen molar-refractivity contribution < 1.29 is 4.39 Å². The van der Waals surface area contributed by atoms with Crippen molar-refractivity contribution in [1.29, 1.82) is 0 Å². The van der Waals surface area contributed by atoms with Gasteiger partial charge in [-0.3, -0.25) is 4.79 Å². The maximum Gasteiger partial charge on any atom is 0.251 e. The predicted molar refractivity (Wildman–Crippen MR) is 64.6 cm³/mol. The minimum atomic E-state index is -0.412. The first kappa shape index (κ1) is 11.8. The lowest BCUT2D eigenvalue weighted by Gasteiger charge is -2.05. The molecule has 17 heavy (non-hydrogen) atoms. The largest absolute Gasteiger partial charge is 0.311 e. The van der Waals surface area contributed by atoms with Crippen molar-refractivity contribution >= 4 is 11.6 Å². The minimum Gasteiger partial charge on any atom is -0.311 e. The fourth-order valence-electron chi connectivity index (χ4n) is 1.51. The second-order valence-electron chi connectivity index (χ2n) is 3.56. The van der Waals surface area contributed by atoms with E-state index < -0.39 is 5.82 Å². The SMILES string of the molecule is CCc1nc(-c2cc(F)ccc2Cl)cc(=O)[nH]1. The normalized spacial score (nSPS) is 10.5. The fraction of sp³-hybridized carbons (Fsp3) is 0.167. The van der Waals surface area contributed by atoms with Gasteiger partial charge in [-0.25, -0.2) is 9.37 Å². The molecule has 0 radical (unpaired) electrons. The third kappa shape index (κ3) is 2.53. The predicted octanol–water partition coefficient (Wildman–Crippen LogP) is 2.79. The molecule has 0 saturated heterocycles. The highest BCUT2D eigenvalue weighted by molar-refractivity contribution is 6.33. The van der Waals surface area contributed by atoms with Crippen molar-refractivity contribution in [2.24, 2.45) is 0 Å². The summed E-state index contributed by atoms with van der Waals surface area (Å²) in [6.07, 6.45) is 0.593. The Labute approximate surface area is 102 Å². The van der Waals surface area contributed by atoms with Crippen LogP contribution in [-0.4, -0.2) is 9.97 Å². The molecule has 1 heterocycles. The highest BCUT2D eigenvalue weighted by Crippen LogP contribution is 2.26. The van der Waals surface area contributed by atoms with Crippen LogP contribution in [0.15, 0.2) is 29.1 Å². The third-order valence-corrected chi connectivity index (χ3v) is 2.66. The van der Waals surface area contributed by atoms with Crippen LogP contribution in [0.4, 0.5) is 4.39 Å². The second kappa shape index (κ2) is 4.67. The van der Waals surface area contributed by atoms with E-state index in [0.717, 1.165) is 0 Å². The molecule has 0 unspecified atom stereocenters. The van der Waals surface area contributed by atoms with Crippen LogP contribution in [0.3, 0.4) is 0 Å². The zero-order valence-electron chi connectivity index (χ0n) is 9.13.